The summed E-state index contributed by atoms with van der Waals surface area (Å²) in [6.07, 6.45) is 5.81. The smallest absolute Gasteiger partial charge is 0.191 e. The molecule has 0 saturated carbocycles. The fourth-order valence-corrected chi connectivity index (χ4v) is 4.50. The molecule has 3 aromatic heterocycles. The fourth-order valence-electron chi connectivity index (χ4n) is 3.77. The summed E-state index contributed by atoms with van der Waals surface area (Å²) in [5, 5.41) is 18.6. The molecule has 0 amide bonds. The lowest BCUT2D eigenvalue weighted by atomic mass is 10.2. The highest BCUT2D eigenvalue weighted by Gasteiger charge is 2.09. The van der Waals surface area contributed by atoms with Crippen molar-refractivity contribution < 1.29 is 0 Å². The third-order valence-corrected chi connectivity index (χ3v) is 6.54. The summed E-state index contributed by atoms with van der Waals surface area (Å²) in [5.41, 5.74) is 1.28. The molecule has 176 valence electrons. The van der Waals surface area contributed by atoms with Gasteiger partial charge in [-0.1, -0.05) is 31.2 Å². The maximum atomic E-state index is 4.86. The molecule has 0 bridgehead atoms. The number of thiophene rings is 1. The van der Waals surface area contributed by atoms with Crippen molar-refractivity contribution in [2.75, 3.05) is 13.1 Å². The molecule has 4 rings (SSSR count). The molecule has 1 unspecified atom stereocenters. The van der Waals surface area contributed by atoms with Crippen LogP contribution in [-0.2, 0) is 19.5 Å². The van der Waals surface area contributed by atoms with Gasteiger partial charge in [-0.05, 0) is 42.3 Å². The maximum absolute atomic E-state index is 4.86. The minimum absolute atomic E-state index is 0. The van der Waals surface area contributed by atoms with Crippen LogP contribution >= 0.6 is 35.3 Å². The Bertz CT molecular complexity index is 1130. The number of aliphatic imine (C=N–C) groups is 1. The molecule has 0 aliphatic rings. The summed E-state index contributed by atoms with van der Waals surface area (Å²) in [5.74, 6) is 1.85. The van der Waals surface area contributed by atoms with Crippen molar-refractivity contribution in [3.8, 4) is 0 Å². The molecular formula is C24H32IN7S. The van der Waals surface area contributed by atoms with Crippen LogP contribution in [-0.4, -0.2) is 38.4 Å². The summed E-state index contributed by atoms with van der Waals surface area (Å²) in [6, 6.07) is 15.1. The molecule has 0 aliphatic heterocycles. The molecule has 3 heterocycles. The van der Waals surface area contributed by atoms with Crippen molar-refractivity contribution in [2.45, 2.75) is 45.8 Å². The molecule has 9 heteroatoms. The first kappa shape index (κ1) is 25.2. The molecule has 1 aromatic carbocycles. The van der Waals surface area contributed by atoms with Gasteiger partial charge in [-0.2, -0.15) is 0 Å². The monoisotopic (exact) mass is 577 g/mol. The normalized spacial score (nSPS) is 12.5. The van der Waals surface area contributed by atoms with Gasteiger partial charge in [0, 0.05) is 49.2 Å². The van der Waals surface area contributed by atoms with E-state index in [4.69, 9.17) is 4.99 Å². The first-order chi connectivity index (χ1) is 15.7. The highest BCUT2D eigenvalue weighted by Crippen LogP contribution is 2.18. The van der Waals surface area contributed by atoms with E-state index in [2.05, 4.69) is 97.9 Å². The highest BCUT2D eigenvalue weighted by molar-refractivity contribution is 14.0. The van der Waals surface area contributed by atoms with Crippen LogP contribution in [0.5, 0.6) is 0 Å². The van der Waals surface area contributed by atoms with Gasteiger partial charge in [-0.3, -0.25) is 4.99 Å². The standard InChI is InChI=1S/C24H31N7S.HI/c1-3-23-29-27-18-31(23)16-13-26-24(28-19(2)22-10-6-17-32-22)25-12-7-14-30-15-11-20-8-4-5-9-21(20)30;/h4-6,8-11,15,17-19H,3,7,12-14,16H2,1-2H3,(H2,25,26,28);1H. The summed E-state index contributed by atoms with van der Waals surface area (Å²) in [7, 11) is 0. The molecule has 33 heavy (non-hydrogen) atoms. The quantitative estimate of drug-likeness (QED) is 0.122. The predicted molar refractivity (Wildman–Crippen MR) is 148 cm³/mol. The molecule has 0 spiro atoms. The topological polar surface area (TPSA) is 72.1 Å². The van der Waals surface area contributed by atoms with E-state index in [-0.39, 0.29) is 30.0 Å². The van der Waals surface area contributed by atoms with Gasteiger partial charge in [0.2, 0.25) is 0 Å². The molecule has 1 atom stereocenters. The highest BCUT2D eigenvalue weighted by atomic mass is 127. The zero-order chi connectivity index (χ0) is 22.2. The molecule has 0 saturated heterocycles. The van der Waals surface area contributed by atoms with Crippen LogP contribution in [0.25, 0.3) is 10.9 Å². The van der Waals surface area contributed by atoms with E-state index in [1.807, 2.05) is 0 Å². The Labute approximate surface area is 216 Å². The minimum atomic E-state index is 0. The van der Waals surface area contributed by atoms with Crippen LogP contribution in [0, 0.1) is 0 Å². The Balaban J connectivity index is 0.00000306. The van der Waals surface area contributed by atoms with Gasteiger partial charge < -0.3 is 19.8 Å². The number of hydrogen-bond acceptors (Lipinski definition) is 4. The number of hydrogen-bond donors (Lipinski definition) is 2. The third kappa shape index (κ3) is 6.80. The van der Waals surface area contributed by atoms with E-state index in [0.29, 0.717) is 0 Å². The molecule has 0 radical (unpaired) electrons. The number of aryl methyl sites for hydroxylation is 2. The van der Waals surface area contributed by atoms with Crippen molar-refractivity contribution in [3.05, 3.63) is 71.1 Å². The van der Waals surface area contributed by atoms with Gasteiger partial charge in [0.15, 0.2) is 5.96 Å². The van der Waals surface area contributed by atoms with Crippen LogP contribution in [0.1, 0.15) is 37.0 Å². The van der Waals surface area contributed by atoms with E-state index < -0.39 is 0 Å². The van der Waals surface area contributed by atoms with Gasteiger partial charge in [-0.25, -0.2) is 0 Å². The maximum Gasteiger partial charge on any atom is 0.191 e. The number of halogens is 1. The van der Waals surface area contributed by atoms with Crippen LogP contribution in [0.2, 0.25) is 0 Å². The number of rotatable bonds is 10. The number of aromatic nitrogens is 4. The predicted octanol–water partition coefficient (Wildman–Crippen LogP) is 4.86. The van der Waals surface area contributed by atoms with Gasteiger partial charge in [0.1, 0.15) is 12.2 Å². The van der Waals surface area contributed by atoms with Gasteiger partial charge in [0.25, 0.3) is 0 Å². The van der Waals surface area contributed by atoms with Crippen LogP contribution in [0.15, 0.2) is 65.4 Å². The fraction of sp³-hybridized carbons (Fsp3) is 0.375. The molecule has 0 aliphatic carbocycles. The van der Waals surface area contributed by atoms with Crippen molar-refractivity contribution in [1.29, 1.82) is 0 Å². The Morgan fingerprint density at radius 3 is 2.82 bits per heavy atom. The number of fused-ring (bicyclic) bond motifs is 1. The van der Waals surface area contributed by atoms with Crippen LogP contribution < -0.4 is 10.6 Å². The number of nitrogens with zero attached hydrogens (tertiary/aromatic N) is 5. The lowest BCUT2D eigenvalue weighted by molar-refractivity contribution is 0.616. The van der Waals surface area contributed by atoms with Gasteiger partial charge in [0.05, 0.1) is 6.04 Å². The Morgan fingerprint density at radius 2 is 2.00 bits per heavy atom. The third-order valence-electron chi connectivity index (χ3n) is 5.49. The SMILES string of the molecule is CCc1nncn1CCNC(=NCCCn1ccc2ccccc21)NC(C)c1cccs1.I. The van der Waals surface area contributed by atoms with Crippen molar-refractivity contribution in [2.24, 2.45) is 4.99 Å². The number of para-hydroxylation sites is 1. The second-order valence-electron chi connectivity index (χ2n) is 7.75. The van der Waals surface area contributed by atoms with E-state index in [1.54, 1.807) is 17.7 Å². The summed E-state index contributed by atoms with van der Waals surface area (Å²) in [4.78, 5) is 6.16. The Hall–Kier alpha value is -2.40. The second-order valence-corrected chi connectivity index (χ2v) is 8.73. The minimum Gasteiger partial charge on any atom is -0.355 e. The van der Waals surface area contributed by atoms with Crippen LogP contribution in [0.3, 0.4) is 0 Å². The van der Waals surface area contributed by atoms with E-state index >= 15 is 0 Å². The lowest BCUT2D eigenvalue weighted by Crippen LogP contribution is -2.40. The van der Waals surface area contributed by atoms with Crippen LogP contribution in [0.4, 0.5) is 0 Å². The second kappa shape index (κ2) is 12.7. The van der Waals surface area contributed by atoms with Gasteiger partial charge in [-0.15, -0.1) is 45.5 Å². The zero-order valence-corrected chi connectivity index (χ0v) is 22.3. The van der Waals surface area contributed by atoms with Crippen molar-refractivity contribution in [1.82, 2.24) is 30.0 Å². The average molecular weight is 578 g/mol. The number of nitrogens with one attached hydrogen (secondary N) is 2. The van der Waals surface area contributed by atoms with E-state index in [0.717, 1.165) is 50.8 Å². The summed E-state index contributed by atoms with van der Waals surface area (Å²) in [6.45, 7) is 7.54. The summed E-state index contributed by atoms with van der Waals surface area (Å²) < 4.78 is 4.39. The van der Waals surface area contributed by atoms with E-state index in [9.17, 15) is 0 Å². The van der Waals surface area contributed by atoms with Crippen molar-refractivity contribution >= 4 is 52.2 Å². The number of guanidine groups is 1. The Morgan fingerprint density at radius 1 is 1.12 bits per heavy atom. The molecule has 2 N–H and O–H groups in total. The first-order valence-corrected chi connectivity index (χ1v) is 12.1. The zero-order valence-electron chi connectivity index (χ0n) is 19.1. The van der Waals surface area contributed by atoms with Crippen molar-refractivity contribution in [3.63, 3.8) is 0 Å². The molecule has 7 nitrogen and oxygen atoms in total. The molecular weight excluding hydrogens is 545 g/mol. The lowest BCUT2D eigenvalue weighted by Gasteiger charge is -2.18. The largest absolute Gasteiger partial charge is 0.355 e. The molecule has 0 fully saturated rings. The molecule has 4 aromatic rings. The average Bonchev–Trinajstić information content (AvgIpc) is 3.57. The van der Waals surface area contributed by atoms with E-state index in [1.165, 1.54) is 15.8 Å². The summed E-state index contributed by atoms with van der Waals surface area (Å²) >= 11 is 1.76. The van der Waals surface area contributed by atoms with Gasteiger partial charge >= 0.3 is 0 Å². The Kier molecular flexibility index (Phi) is 9.74. The first-order valence-electron chi connectivity index (χ1n) is 11.2. The number of benzene rings is 1.